The number of rotatable bonds is 21. The summed E-state index contributed by atoms with van der Waals surface area (Å²) in [6.07, 6.45) is 1.32. The van der Waals surface area contributed by atoms with E-state index < -0.39 is 41.8 Å². The Balaban J connectivity index is 5.05. The highest BCUT2D eigenvalue weighted by Crippen LogP contribution is 2.24. The molecule has 3 N–H and O–H groups in total. The summed E-state index contributed by atoms with van der Waals surface area (Å²) in [5.41, 5.74) is -3.07. The molecule has 0 bridgehead atoms. The van der Waals surface area contributed by atoms with Crippen molar-refractivity contribution in [3.8, 4) is 0 Å². The molecule has 214 valence electrons. The normalized spacial score (nSPS) is 18.4. The van der Waals surface area contributed by atoms with E-state index in [0.29, 0.717) is 19.2 Å². The molecule has 0 rings (SSSR count). The number of aliphatic hydroxyl groups is 2. The van der Waals surface area contributed by atoms with Gasteiger partial charge in [0.2, 0.25) is 0 Å². The molecule has 5 unspecified atom stereocenters. The summed E-state index contributed by atoms with van der Waals surface area (Å²) in [5.74, 6) is -1.21. The summed E-state index contributed by atoms with van der Waals surface area (Å²) < 4.78 is 12.0. The molecule has 0 aliphatic heterocycles. The monoisotopic (exact) mass is 528 g/mol. The molecule has 0 aromatic carbocycles. The maximum Gasteiger partial charge on any atom is 0.178 e. The van der Waals surface area contributed by atoms with Gasteiger partial charge in [0.1, 0.15) is 32.3 Å². The fourth-order valence-corrected chi connectivity index (χ4v) is 3.55. The van der Waals surface area contributed by atoms with E-state index in [4.69, 9.17) is 14.6 Å². The van der Waals surface area contributed by atoms with Crippen molar-refractivity contribution in [2.24, 2.45) is 5.92 Å². The van der Waals surface area contributed by atoms with Crippen molar-refractivity contribution >= 4 is 31.0 Å². The van der Waals surface area contributed by atoms with Crippen LogP contribution in [0.3, 0.4) is 0 Å². The number of ether oxygens (including phenoxy) is 2. The van der Waals surface area contributed by atoms with E-state index in [1.165, 1.54) is 0 Å². The fourth-order valence-electron chi connectivity index (χ4n) is 3.55. The van der Waals surface area contributed by atoms with E-state index in [-0.39, 0.29) is 49.6 Å². The highest BCUT2D eigenvalue weighted by Gasteiger charge is 2.40. The zero-order valence-electron chi connectivity index (χ0n) is 24.3. The number of carbonyl (C=O) groups is 4. The van der Waals surface area contributed by atoms with Crippen LogP contribution in [0, 0.1) is 5.92 Å². The topological polar surface area (TPSA) is 142 Å². The lowest BCUT2D eigenvalue weighted by atomic mass is 9.83. The molecule has 0 aromatic rings. The third kappa shape index (κ3) is 9.96. The number of nitrogens with one attached hydrogen (secondary N) is 1. The molecule has 0 heterocycles. The average molecular weight is 528 g/mol. The lowest BCUT2D eigenvalue weighted by Gasteiger charge is -2.38. The standard InChI is InChI=1S/C26H49BN2O8/c1-9-24(5,23(35)14-31)29(8)12-22(34)26(7,17-27)37-16-18(3)15-36-25(6,10-2)21(33)11-28-19(4)20(32)13-30/h18-19,28,30-31H,9-17,27H2,1-8H3. The van der Waals surface area contributed by atoms with Crippen LogP contribution in [0.15, 0.2) is 0 Å². The second-order valence-corrected chi connectivity index (χ2v) is 10.5. The molecule has 0 amide bonds. The molecule has 0 saturated carbocycles. The first-order valence-corrected chi connectivity index (χ1v) is 13.2. The summed E-state index contributed by atoms with van der Waals surface area (Å²) in [7, 11) is 3.55. The van der Waals surface area contributed by atoms with Crippen LogP contribution in [0.25, 0.3) is 0 Å². The molecular formula is C26H49BN2O8. The van der Waals surface area contributed by atoms with E-state index in [0.717, 1.165) is 0 Å². The highest BCUT2D eigenvalue weighted by atomic mass is 16.5. The molecule has 0 saturated heterocycles. The van der Waals surface area contributed by atoms with Gasteiger partial charge in [-0.15, -0.1) is 0 Å². The summed E-state index contributed by atoms with van der Waals surface area (Å²) >= 11 is 0. The predicted molar refractivity (Wildman–Crippen MR) is 145 cm³/mol. The summed E-state index contributed by atoms with van der Waals surface area (Å²) in [6.45, 7) is 11.6. The van der Waals surface area contributed by atoms with Crippen molar-refractivity contribution in [2.45, 2.75) is 90.4 Å². The number of hydrogen-bond acceptors (Lipinski definition) is 10. The summed E-state index contributed by atoms with van der Waals surface area (Å²) in [4.78, 5) is 51.4. The SMILES string of the molecule is BCC(C)(OCC(C)COC(C)(CC)C(=O)CNC(C)C(=O)CO)C(=O)CN(C)C(C)(CC)C(=O)CO. The minimum atomic E-state index is -1.07. The smallest absolute Gasteiger partial charge is 0.178 e. The van der Waals surface area contributed by atoms with Crippen molar-refractivity contribution in [3.63, 3.8) is 0 Å². The van der Waals surface area contributed by atoms with Gasteiger partial charge in [-0.3, -0.25) is 24.1 Å². The van der Waals surface area contributed by atoms with Crippen LogP contribution in [0.2, 0.25) is 6.32 Å². The van der Waals surface area contributed by atoms with E-state index in [9.17, 15) is 24.3 Å². The molecule has 10 nitrogen and oxygen atoms in total. The number of likely N-dealkylation sites (N-methyl/N-ethyl adjacent to an activating group) is 1. The lowest BCUT2D eigenvalue weighted by molar-refractivity contribution is -0.150. The van der Waals surface area contributed by atoms with Gasteiger partial charge in [-0.05, 0) is 53.9 Å². The van der Waals surface area contributed by atoms with E-state index >= 15 is 0 Å². The van der Waals surface area contributed by atoms with Crippen LogP contribution in [-0.2, 0) is 28.7 Å². The van der Waals surface area contributed by atoms with Gasteiger partial charge in [-0.1, -0.05) is 20.8 Å². The minimum Gasteiger partial charge on any atom is -0.389 e. The largest absolute Gasteiger partial charge is 0.389 e. The molecular weight excluding hydrogens is 479 g/mol. The molecule has 0 aliphatic rings. The number of Topliss-reactive ketones (excluding diaryl/α,β-unsaturated/α-hetero) is 4. The van der Waals surface area contributed by atoms with Crippen molar-refractivity contribution in [1.29, 1.82) is 0 Å². The maximum atomic E-state index is 13.2. The summed E-state index contributed by atoms with van der Waals surface area (Å²) in [6, 6.07) is -0.636. The zero-order valence-corrected chi connectivity index (χ0v) is 24.3. The third-order valence-electron chi connectivity index (χ3n) is 7.77. The Kier molecular flexibility index (Phi) is 15.2. The van der Waals surface area contributed by atoms with Crippen LogP contribution in [0.1, 0.15) is 61.3 Å². The first-order valence-electron chi connectivity index (χ1n) is 13.2. The Morgan fingerprint density at radius 1 is 0.892 bits per heavy atom. The zero-order chi connectivity index (χ0) is 29.0. The number of nitrogens with zero attached hydrogens (tertiary/aromatic N) is 1. The molecule has 0 spiro atoms. The molecule has 0 aliphatic carbocycles. The van der Waals surface area contributed by atoms with Crippen molar-refractivity contribution in [3.05, 3.63) is 0 Å². The van der Waals surface area contributed by atoms with E-state index in [1.54, 1.807) is 39.6 Å². The fraction of sp³-hybridized carbons (Fsp3) is 0.846. The molecule has 11 heteroatoms. The van der Waals surface area contributed by atoms with Gasteiger partial charge in [-0.25, -0.2) is 0 Å². The molecule has 0 radical (unpaired) electrons. The molecule has 37 heavy (non-hydrogen) atoms. The van der Waals surface area contributed by atoms with E-state index in [2.05, 4.69) is 5.32 Å². The Morgan fingerprint density at radius 2 is 1.43 bits per heavy atom. The Labute approximate surface area is 223 Å². The predicted octanol–water partition coefficient (Wildman–Crippen LogP) is -0.0259. The van der Waals surface area contributed by atoms with Crippen LogP contribution >= 0.6 is 0 Å². The van der Waals surface area contributed by atoms with Gasteiger partial charge in [0.15, 0.2) is 23.1 Å². The molecule has 0 fully saturated rings. The van der Waals surface area contributed by atoms with Crippen LogP contribution in [0.4, 0.5) is 0 Å². The quantitative estimate of drug-likeness (QED) is 0.174. The number of carbonyl (C=O) groups excluding carboxylic acids is 4. The second-order valence-electron chi connectivity index (χ2n) is 10.5. The average Bonchev–Trinajstić information content (AvgIpc) is 2.90. The lowest BCUT2D eigenvalue weighted by Crippen LogP contribution is -2.55. The van der Waals surface area contributed by atoms with Crippen molar-refractivity contribution in [2.75, 3.05) is 46.6 Å². The van der Waals surface area contributed by atoms with Crippen LogP contribution in [-0.4, -0.2) is 115 Å². The minimum absolute atomic E-state index is 0.00207. The summed E-state index contributed by atoms with van der Waals surface area (Å²) in [5, 5.41) is 21.1. The number of hydrogen-bond donors (Lipinski definition) is 3. The number of aliphatic hydroxyl groups excluding tert-OH is 2. The maximum absolute atomic E-state index is 13.2. The van der Waals surface area contributed by atoms with Gasteiger partial charge in [0.05, 0.1) is 37.9 Å². The highest BCUT2D eigenvalue weighted by molar-refractivity contribution is 6.12. The number of ketones is 4. The van der Waals surface area contributed by atoms with Gasteiger partial charge >= 0.3 is 0 Å². The molecule has 0 aromatic heterocycles. The van der Waals surface area contributed by atoms with Crippen molar-refractivity contribution in [1.82, 2.24) is 10.2 Å². The van der Waals surface area contributed by atoms with Gasteiger partial charge in [-0.2, -0.15) is 0 Å². The van der Waals surface area contributed by atoms with Gasteiger partial charge in [0.25, 0.3) is 0 Å². The Bertz CT molecular complexity index is 782. The molecule has 5 atom stereocenters. The van der Waals surface area contributed by atoms with Gasteiger partial charge < -0.3 is 25.0 Å². The van der Waals surface area contributed by atoms with Crippen molar-refractivity contribution < 1.29 is 38.9 Å². The Hall–Kier alpha value is -1.50. The van der Waals surface area contributed by atoms with Crippen LogP contribution in [0.5, 0.6) is 0 Å². The second kappa shape index (κ2) is 15.8. The first-order chi connectivity index (χ1) is 17.1. The Morgan fingerprint density at radius 3 is 1.86 bits per heavy atom. The van der Waals surface area contributed by atoms with Gasteiger partial charge in [0, 0.05) is 5.92 Å². The van der Waals surface area contributed by atoms with E-state index in [1.807, 2.05) is 28.6 Å². The van der Waals surface area contributed by atoms with Crippen LogP contribution < -0.4 is 5.32 Å². The third-order valence-corrected chi connectivity index (χ3v) is 7.77. The first kappa shape index (κ1) is 35.5.